The predicted octanol–water partition coefficient (Wildman–Crippen LogP) is 0.956. The molecule has 2 unspecified atom stereocenters. The summed E-state index contributed by atoms with van der Waals surface area (Å²) in [7, 11) is 1.38. The van der Waals surface area contributed by atoms with Crippen LogP contribution in [0.15, 0.2) is 0 Å². The van der Waals surface area contributed by atoms with E-state index < -0.39 is 0 Å². The van der Waals surface area contributed by atoms with E-state index in [2.05, 4.69) is 4.74 Å². The molecule has 0 radical (unpaired) electrons. The van der Waals surface area contributed by atoms with Gasteiger partial charge >= 0.3 is 5.97 Å². The molecular formula is C9H16O3. The van der Waals surface area contributed by atoms with Crippen LogP contribution in [0.5, 0.6) is 0 Å². The van der Waals surface area contributed by atoms with Gasteiger partial charge in [-0.05, 0) is 25.2 Å². The molecule has 70 valence electrons. The Balaban J connectivity index is 2.23. The van der Waals surface area contributed by atoms with Crippen molar-refractivity contribution in [1.29, 1.82) is 0 Å². The molecule has 1 aliphatic carbocycles. The van der Waals surface area contributed by atoms with Crippen LogP contribution >= 0.6 is 0 Å². The Morgan fingerprint density at radius 2 is 2.25 bits per heavy atom. The van der Waals surface area contributed by atoms with Gasteiger partial charge in [-0.2, -0.15) is 0 Å². The number of aliphatic hydroxyl groups excluding tert-OH is 1. The number of ether oxygens (including phenoxy) is 1. The van der Waals surface area contributed by atoms with Crippen molar-refractivity contribution >= 4 is 5.97 Å². The van der Waals surface area contributed by atoms with Gasteiger partial charge in [-0.15, -0.1) is 0 Å². The first-order valence-corrected chi connectivity index (χ1v) is 4.41. The Kier molecular flexibility index (Phi) is 3.09. The van der Waals surface area contributed by atoms with Gasteiger partial charge in [-0.3, -0.25) is 4.79 Å². The van der Waals surface area contributed by atoms with Gasteiger partial charge in [0, 0.05) is 0 Å². The van der Waals surface area contributed by atoms with E-state index in [1.807, 2.05) is 0 Å². The van der Waals surface area contributed by atoms with E-state index in [1.54, 1.807) is 6.92 Å². The van der Waals surface area contributed by atoms with E-state index >= 15 is 0 Å². The highest BCUT2D eigenvalue weighted by Crippen LogP contribution is 2.35. The molecule has 3 nitrogen and oxygen atoms in total. The summed E-state index contributed by atoms with van der Waals surface area (Å²) in [4.78, 5) is 11.0. The molecule has 0 saturated heterocycles. The second-order valence-electron chi connectivity index (χ2n) is 3.56. The molecule has 0 spiro atoms. The first-order valence-electron chi connectivity index (χ1n) is 4.41. The maximum atomic E-state index is 11.0. The normalized spacial score (nSPS) is 21.6. The number of carbonyl (C=O) groups is 1. The Bertz CT molecular complexity index is 163. The zero-order valence-electron chi connectivity index (χ0n) is 7.62. The van der Waals surface area contributed by atoms with Crippen molar-refractivity contribution in [1.82, 2.24) is 0 Å². The molecule has 1 aliphatic rings. The van der Waals surface area contributed by atoms with E-state index in [1.165, 1.54) is 7.11 Å². The van der Waals surface area contributed by atoms with E-state index in [-0.39, 0.29) is 18.0 Å². The van der Waals surface area contributed by atoms with Crippen molar-refractivity contribution in [3.05, 3.63) is 0 Å². The number of aliphatic hydroxyl groups is 1. The van der Waals surface area contributed by atoms with Crippen LogP contribution in [0.3, 0.4) is 0 Å². The number of methoxy groups -OCH3 is 1. The zero-order valence-corrected chi connectivity index (χ0v) is 7.62. The van der Waals surface area contributed by atoms with E-state index in [4.69, 9.17) is 0 Å². The molecule has 1 rings (SSSR count). The number of hydrogen-bond donors (Lipinski definition) is 1. The van der Waals surface area contributed by atoms with Crippen LogP contribution in [0.4, 0.5) is 0 Å². The third-order valence-electron chi connectivity index (χ3n) is 2.36. The second-order valence-corrected chi connectivity index (χ2v) is 3.56. The number of carbonyl (C=O) groups excluding carboxylic acids is 1. The third-order valence-corrected chi connectivity index (χ3v) is 2.36. The Morgan fingerprint density at radius 1 is 1.67 bits per heavy atom. The fourth-order valence-electron chi connectivity index (χ4n) is 1.33. The Labute approximate surface area is 72.7 Å². The lowest BCUT2D eigenvalue weighted by Crippen LogP contribution is -2.20. The molecule has 0 aromatic heterocycles. The molecule has 0 heterocycles. The summed E-state index contributed by atoms with van der Waals surface area (Å²) in [5, 5.41) is 9.50. The van der Waals surface area contributed by atoms with Gasteiger partial charge in [-0.1, -0.05) is 6.92 Å². The maximum Gasteiger partial charge on any atom is 0.308 e. The molecule has 0 aromatic carbocycles. The van der Waals surface area contributed by atoms with Gasteiger partial charge in [0.2, 0.25) is 0 Å². The average molecular weight is 172 g/mol. The summed E-state index contributed by atoms with van der Waals surface area (Å²) in [5.41, 5.74) is 0. The summed E-state index contributed by atoms with van der Waals surface area (Å²) >= 11 is 0. The molecular weight excluding hydrogens is 156 g/mol. The lowest BCUT2D eigenvalue weighted by atomic mass is 10.0. The first kappa shape index (κ1) is 9.52. The average Bonchev–Trinajstić information content (AvgIpc) is 2.84. The molecule has 0 aromatic rings. The predicted molar refractivity (Wildman–Crippen MR) is 44.5 cm³/mol. The Hall–Kier alpha value is -0.570. The highest BCUT2D eigenvalue weighted by atomic mass is 16.5. The number of rotatable bonds is 4. The lowest BCUT2D eigenvalue weighted by Gasteiger charge is -2.13. The van der Waals surface area contributed by atoms with Gasteiger partial charge in [0.1, 0.15) is 0 Å². The van der Waals surface area contributed by atoms with Crippen molar-refractivity contribution in [2.75, 3.05) is 7.11 Å². The summed E-state index contributed by atoms with van der Waals surface area (Å²) in [5.74, 6) is 0.0393. The second kappa shape index (κ2) is 3.90. The van der Waals surface area contributed by atoms with E-state index in [9.17, 15) is 9.90 Å². The van der Waals surface area contributed by atoms with E-state index in [0.717, 1.165) is 12.8 Å². The number of esters is 1. The highest BCUT2D eigenvalue weighted by Gasteiger charge is 2.31. The van der Waals surface area contributed by atoms with Gasteiger partial charge in [0.15, 0.2) is 0 Å². The molecule has 0 amide bonds. The quantitative estimate of drug-likeness (QED) is 0.642. The van der Waals surface area contributed by atoms with Crippen molar-refractivity contribution in [2.24, 2.45) is 11.8 Å². The fourth-order valence-corrected chi connectivity index (χ4v) is 1.33. The minimum absolute atomic E-state index is 0.175. The van der Waals surface area contributed by atoms with Gasteiger partial charge in [0.05, 0.1) is 19.1 Å². The van der Waals surface area contributed by atoms with Gasteiger partial charge in [-0.25, -0.2) is 0 Å². The number of hydrogen-bond acceptors (Lipinski definition) is 3. The smallest absolute Gasteiger partial charge is 0.308 e. The first-order chi connectivity index (χ1) is 5.65. The maximum absolute atomic E-state index is 11.0. The van der Waals surface area contributed by atoms with Gasteiger partial charge < -0.3 is 9.84 Å². The largest absolute Gasteiger partial charge is 0.469 e. The summed E-state index contributed by atoms with van der Waals surface area (Å²) < 4.78 is 4.56. The van der Waals surface area contributed by atoms with Crippen molar-refractivity contribution < 1.29 is 14.6 Å². The van der Waals surface area contributed by atoms with Crippen LogP contribution in [0.1, 0.15) is 26.2 Å². The van der Waals surface area contributed by atoms with Crippen molar-refractivity contribution in [3.63, 3.8) is 0 Å². The van der Waals surface area contributed by atoms with E-state index in [0.29, 0.717) is 12.3 Å². The van der Waals surface area contributed by atoms with Crippen molar-refractivity contribution in [2.45, 2.75) is 32.3 Å². The summed E-state index contributed by atoms with van der Waals surface area (Å²) in [6.45, 7) is 1.79. The van der Waals surface area contributed by atoms with Crippen LogP contribution in [0.25, 0.3) is 0 Å². The molecule has 0 aliphatic heterocycles. The Morgan fingerprint density at radius 3 is 2.67 bits per heavy atom. The molecule has 3 heteroatoms. The molecule has 1 N–H and O–H groups in total. The summed E-state index contributed by atoms with van der Waals surface area (Å²) in [6, 6.07) is 0. The van der Waals surface area contributed by atoms with Crippen LogP contribution in [-0.2, 0) is 9.53 Å². The standard InChI is InChI=1S/C9H16O3/c1-6(9(11)12-2)5-8(10)7-3-4-7/h6-8,10H,3-5H2,1-2H3. The van der Waals surface area contributed by atoms with Crippen LogP contribution < -0.4 is 0 Å². The molecule has 2 atom stereocenters. The van der Waals surface area contributed by atoms with Crippen LogP contribution in [-0.4, -0.2) is 24.3 Å². The molecule has 1 saturated carbocycles. The minimum Gasteiger partial charge on any atom is -0.469 e. The topological polar surface area (TPSA) is 46.5 Å². The molecule has 1 fully saturated rings. The lowest BCUT2D eigenvalue weighted by molar-refractivity contribution is -0.146. The fraction of sp³-hybridized carbons (Fsp3) is 0.889. The zero-order chi connectivity index (χ0) is 9.14. The summed E-state index contributed by atoms with van der Waals surface area (Å²) in [6.07, 6.45) is 2.45. The van der Waals surface area contributed by atoms with Crippen LogP contribution in [0.2, 0.25) is 0 Å². The van der Waals surface area contributed by atoms with Gasteiger partial charge in [0.25, 0.3) is 0 Å². The highest BCUT2D eigenvalue weighted by molar-refractivity contribution is 5.71. The molecule has 12 heavy (non-hydrogen) atoms. The SMILES string of the molecule is COC(=O)C(C)CC(O)C1CC1. The van der Waals surface area contributed by atoms with Crippen LogP contribution in [0, 0.1) is 11.8 Å². The van der Waals surface area contributed by atoms with Crippen molar-refractivity contribution in [3.8, 4) is 0 Å². The minimum atomic E-state index is -0.306. The molecule has 0 bridgehead atoms. The monoisotopic (exact) mass is 172 g/mol. The third kappa shape index (κ3) is 2.48.